The molecule has 4 heteroatoms. The maximum atomic E-state index is 12.6. The SMILES string of the molecule is C=CCO[C@@H]1CC(=O)[C@H](CCCCCCC(=O)OC)C1/C=C/c1ccccc1. The number of Topliss-reactive ketones (excluding diaryl/α,β-unsaturated/α-hetero) is 1. The van der Waals surface area contributed by atoms with Crippen LogP contribution in [0.5, 0.6) is 0 Å². The molecular weight excluding hydrogens is 352 g/mol. The largest absolute Gasteiger partial charge is 0.469 e. The van der Waals surface area contributed by atoms with E-state index in [4.69, 9.17) is 4.74 Å². The third-order valence-electron chi connectivity index (χ3n) is 5.32. The highest BCUT2D eigenvalue weighted by Crippen LogP contribution is 2.36. The molecule has 1 fully saturated rings. The Kier molecular flexibility index (Phi) is 9.70. The van der Waals surface area contributed by atoms with Crippen LogP contribution in [0, 0.1) is 11.8 Å². The Balaban J connectivity index is 1.91. The zero-order chi connectivity index (χ0) is 20.2. The molecule has 1 unspecified atom stereocenters. The van der Waals surface area contributed by atoms with Gasteiger partial charge in [-0.3, -0.25) is 9.59 Å². The van der Waals surface area contributed by atoms with Gasteiger partial charge in [0.1, 0.15) is 5.78 Å². The first-order valence-corrected chi connectivity index (χ1v) is 10.2. The Bertz CT molecular complexity index is 650. The number of ketones is 1. The summed E-state index contributed by atoms with van der Waals surface area (Å²) in [5.74, 6) is 0.253. The van der Waals surface area contributed by atoms with Crippen molar-refractivity contribution in [3.8, 4) is 0 Å². The fourth-order valence-corrected chi connectivity index (χ4v) is 3.81. The van der Waals surface area contributed by atoms with Crippen LogP contribution in [0.2, 0.25) is 0 Å². The van der Waals surface area contributed by atoms with Crippen molar-refractivity contribution in [3.05, 3.63) is 54.6 Å². The number of ether oxygens (including phenoxy) is 2. The minimum Gasteiger partial charge on any atom is -0.469 e. The number of rotatable bonds is 12. The van der Waals surface area contributed by atoms with Gasteiger partial charge in [0.25, 0.3) is 0 Å². The fourth-order valence-electron chi connectivity index (χ4n) is 3.81. The molecule has 1 saturated carbocycles. The first-order valence-electron chi connectivity index (χ1n) is 10.2. The van der Waals surface area contributed by atoms with Crippen molar-refractivity contribution >= 4 is 17.8 Å². The number of benzene rings is 1. The van der Waals surface area contributed by atoms with Crippen molar-refractivity contribution < 1.29 is 19.1 Å². The van der Waals surface area contributed by atoms with Crippen LogP contribution in [0.1, 0.15) is 50.5 Å². The number of hydrogen-bond acceptors (Lipinski definition) is 4. The molecule has 0 N–H and O–H groups in total. The second-order valence-electron chi connectivity index (χ2n) is 7.31. The second-order valence-corrected chi connectivity index (χ2v) is 7.31. The van der Waals surface area contributed by atoms with Gasteiger partial charge in [-0.1, -0.05) is 67.8 Å². The van der Waals surface area contributed by atoms with Gasteiger partial charge in [-0.2, -0.15) is 0 Å². The summed E-state index contributed by atoms with van der Waals surface area (Å²) in [5, 5.41) is 0. The zero-order valence-corrected chi connectivity index (χ0v) is 16.8. The number of esters is 1. The Morgan fingerprint density at radius 2 is 1.93 bits per heavy atom. The lowest BCUT2D eigenvalue weighted by Gasteiger charge is -2.21. The molecule has 152 valence electrons. The van der Waals surface area contributed by atoms with E-state index in [1.54, 1.807) is 6.08 Å². The number of carbonyl (C=O) groups excluding carboxylic acids is 2. The van der Waals surface area contributed by atoms with Crippen molar-refractivity contribution in [1.82, 2.24) is 0 Å². The normalized spacial score (nSPS) is 21.9. The Labute approximate surface area is 168 Å². The van der Waals surface area contributed by atoms with Crippen LogP contribution in [-0.2, 0) is 19.1 Å². The maximum absolute atomic E-state index is 12.6. The molecule has 28 heavy (non-hydrogen) atoms. The first kappa shape index (κ1) is 22.1. The molecule has 0 radical (unpaired) electrons. The van der Waals surface area contributed by atoms with Crippen LogP contribution < -0.4 is 0 Å². The van der Waals surface area contributed by atoms with Crippen molar-refractivity contribution in [2.24, 2.45) is 11.8 Å². The fraction of sp³-hybridized carbons (Fsp3) is 0.500. The zero-order valence-electron chi connectivity index (χ0n) is 16.8. The van der Waals surface area contributed by atoms with E-state index in [0.717, 1.165) is 37.7 Å². The van der Waals surface area contributed by atoms with E-state index in [1.807, 2.05) is 18.2 Å². The third-order valence-corrected chi connectivity index (χ3v) is 5.32. The molecule has 0 bridgehead atoms. The van der Waals surface area contributed by atoms with Crippen molar-refractivity contribution in [1.29, 1.82) is 0 Å². The second kappa shape index (κ2) is 12.3. The van der Waals surface area contributed by atoms with Gasteiger partial charge in [0.05, 0.1) is 19.8 Å². The average molecular weight is 385 g/mol. The van der Waals surface area contributed by atoms with Gasteiger partial charge in [-0.25, -0.2) is 0 Å². The molecule has 0 saturated heterocycles. The third kappa shape index (κ3) is 7.08. The summed E-state index contributed by atoms with van der Waals surface area (Å²) < 4.78 is 10.6. The lowest BCUT2D eigenvalue weighted by atomic mass is 9.88. The average Bonchev–Trinajstić information content (AvgIpc) is 3.02. The van der Waals surface area contributed by atoms with E-state index >= 15 is 0 Å². The highest BCUT2D eigenvalue weighted by atomic mass is 16.5. The van der Waals surface area contributed by atoms with Gasteiger partial charge < -0.3 is 9.47 Å². The summed E-state index contributed by atoms with van der Waals surface area (Å²) >= 11 is 0. The van der Waals surface area contributed by atoms with E-state index in [2.05, 4.69) is 35.6 Å². The van der Waals surface area contributed by atoms with Crippen LogP contribution in [0.25, 0.3) is 6.08 Å². The molecule has 1 aromatic carbocycles. The topological polar surface area (TPSA) is 52.6 Å². The molecule has 0 aliphatic heterocycles. The molecule has 0 amide bonds. The smallest absolute Gasteiger partial charge is 0.305 e. The summed E-state index contributed by atoms with van der Waals surface area (Å²) in [7, 11) is 1.42. The number of methoxy groups -OCH3 is 1. The lowest BCUT2D eigenvalue weighted by molar-refractivity contribution is -0.140. The van der Waals surface area contributed by atoms with Crippen LogP contribution in [0.3, 0.4) is 0 Å². The van der Waals surface area contributed by atoms with E-state index in [1.165, 1.54) is 7.11 Å². The molecule has 0 aromatic heterocycles. The number of carbonyl (C=O) groups is 2. The minimum atomic E-state index is -0.153. The Hall–Kier alpha value is -2.20. The van der Waals surface area contributed by atoms with Gasteiger partial charge in [0, 0.05) is 24.7 Å². The van der Waals surface area contributed by atoms with Crippen LogP contribution in [0.15, 0.2) is 49.1 Å². The quantitative estimate of drug-likeness (QED) is 0.289. The van der Waals surface area contributed by atoms with E-state index in [0.29, 0.717) is 25.2 Å². The number of unbranched alkanes of at least 4 members (excludes halogenated alkanes) is 3. The van der Waals surface area contributed by atoms with Crippen molar-refractivity contribution in [2.45, 2.75) is 51.0 Å². The highest BCUT2D eigenvalue weighted by molar-refractivity contribution is 5.85. The van der Waals surface area contributed by atoms with Gasteiger partial charge in [-0.15, -0.1) is 6.58 Å². The minimum absolute atomic E-state index is 0.00962. The first-order chi connectivity index (χ1) is 13.7. The molecule has 3 atom stereocenters. The molecule has 1 aliphatic carbocycles. The van der Waals surface area contributed by atoms with Crippen LogP contribution >= 0.6 is 0 Å². The molecule has 1 aliphatic rings. The molecule has 0 heterocycles. The van der Waals surface area contributed by atoms with Crippen molar-refractivity contribution in [3.63, 3.8) is 0 Å². The maximum Gasteiger partial charge on any atom is 0.305 e. The van der Waals surface area contributed by atoms with Gasteiger partial charge in [-0.05, 0) is 18.4 Å². The monoisotopic (exact) mass is 384 g/mol. The molecule has 4 nitrogen and oxygen atoms in total. The number of hydrogen-bond donors (Lipinski definition) is 0. The van der Waals surface area contributed by atoms with Crippen LogP contribution in [0.4, 0.5) is 0 Å². The molecule has 1 aromatic rings. The molecule has 2 rings (SSSR count). The molecular formula is C24H32O4. The van der Waals surface area contributed by atoms with Gasteiger partial charge in [0.15, 0.2) is 0 Å². The van der Waals surface area contributed by atoms with Crippen LogP contribution in [-0.4, -0.2) is 31.6 Å². The predicted octanol–water partition coefficient (Wildman–Crippen LogP) is 4.99. The van der Waals surface area contributed by atoms with E-state index in [9.17, 15) is 9.59 Å². The Morgan fingerprint density at radius 1 is 1.18 bits per heavy atom. The Morgan fingerprint density at radius 3 is 2.64 bits per heavy atom. The summed E-state index contributed by atoms with van der Waals surface area (Å²) in [6.07, 6.45) is 11.6. The lowest BCUT2D eigenvalue weighted by Crippen LogP contribution is -2.21. The predicted molar refractivity (Wildman–Crippen MR) is 112 cm³/mol. The highest BCUT2D eigenvalue weighted by Gasteiger charge is 2.40. The summed E-state index contributed by atoms with van der Waals surface area (Å²) in [6.45, 7) is 4.18. The van der Waals surface area contributed by atoms with E-state index < -0.39 is 0 Å². The van der Waals surface area contributed by atoms with Gasteiger partial charge in [0.2, 0.25) is 0 Å². The van der Waals surface area contributed by atoms with Crippen molar-refractivity contribution in [2.75, 3.05) is 13.7 Å². The summed E-state index contributed by atoms with van der Waals surface area (Å²) in [4.78, 5) is 23.8. The standard InChI is InChI=1S/C24H32O4/c1-3-17-28-23-18-22(25)20(13-9-4-5-10-14-24(26)27-2)21(23)16-15-19-11-7-6-8-12-19/h3,6-8,11-12,15-16,20-21,23H,1,4-5,9-10,13-14,17-18H2,2H3/b16-15+/t20-,21?,23-/m1/s1. The van der Waals surface area contributed by atoms with E-state index in [-0.39, 0.29) is 23.9 Å². The summed E-state index contributed by atoms with van der Waals surface area (Å²) in [6, 6.07) is 10.1. The summed E-state index contributed by atoms with van der Waals surface area (Å²) in [5.41, 5.74) is 1.13. The molecule has 0 spiro atoms. The van der Waals surface area contributed by atoms with Gasteiger partial charge >= 0.3 is 5.97 Å².